The van der Waals surface area contributed by atoms with Crippen molar-refractivity contribution in [1.82, 2.24) is 10.5 Å². The summed E-state index contributed by atoms with van der Waals surface area (Å²) in [6, 6.07) is 12.2. The molecule has 3 aromatic rings. The molecule has 146 valence electrons. The normalized spacial score (nSPS) is 16.1. The van der Waals surface area contributed by atoms with Crippen LogP contribution in [0.2, 0.25) is 0 Å². The molecule has 0 bridgehead atoms. The Kier molecular flexibility index (Phi) is 5.72. The second-order valence-corrected chi connectivity index (χ2v) is 7.43. The van der Waals surface area contributed by atoms with E-state index in [9.17, 15) is 4.79 Å². The maximum Gasteiger partial charge on any atom is 0.211 e. The first kappa shape index (κ1) is 18.7. The molecule has 0 saturated carbocycles. The lowest BCUT2D eigenvalue weighted by atomic mass is 9.80. The monoisotopic (exact) mass is 378 g/mol. The second kappa shape index (κ2) is 8.57. The van der Waals surface area contributed by atoms with Gasteiger partial charge in [-0.25, -0.2) is 0 Å². The Morgan fingerprint density at radius 2 is 2.18 bits per heavy atom. The summed E-state index contributed by atoms with van der Waals surface area (Å²) in [6.07, 6.45) is 6.84. The topological polar surface area (TPSA) is 64.4 Å². The van der Waals surface area contributed by atoms with Gasteiger partial charge in [0.2, 0.25) is 5.43 Å². The molecule has 5 heteroatoms. The predicted octanol–water partition coefficient (Wildman–Crippen LogP) is 3.84. The molecule has 28 heavy (non-hydrogen) atoms. The highest BCUT2D eigenvalue weighted by atomic mass is 16.5. The number of aromatic nitrogens is 1. The van der Waals surface area contributed by atoms with Gasteiger partial charge in [0.1, 0.15) is 11.9 Å². The zero-order chi connectivity index (χ0) is 19.3. The number of methoxy groups -OCH3 is 1. The van der Waals surface area contributed by atoms with E-state index in [0.29, 0.717) is 16.9 Å². The average Bonchev–Trinajstić information content (AvgIpc) is 2.73. The molecule has 1 aliphatic rings. The van der Waals surface area contributed by atoms with E-state index in [1.165, 1.54) is 30.2 Å². The van der Waals surface area contributed by atoms with Crippen molar-refractivity contribution in [3.05, 3.63) is 69.5 Å². The van der Waals surface area contributed by atoms with Gasteiger partial charge in [-0.3, -0.25) is 4.79 Å². The number of hydrogen-bond donors (Lipinski definition) is 1. The number of benzene rings is 2. The van der Waals surface area contributed by atoms with Crippen LogP contribution in [0.3, 0.4) is 0 Å². The standard InChI is InChI=1S/C23H26N2O3/c1-27-22-7-3-5-18-17(4-2-6-19(18)22)11-13-24-12-10-16-8-9-20-21(26)15-25-28-23(20)14-16/h3,5,7-9,14-15,17,24H,2,4,6,10-13H2,1H3. The first-order chi connectivity index (χ1) is 13.8. The van der Waals surface area contributed by atoms with Gasteiger partial charge in [-0.2, -0.15) is 0 Å². The summed E-state index contributed by atoms with van der Waals surface area (Å²) >= 11 is 0. The highest BCUT2D eigenvalue weighted by molar-refractivity contribution is 5.76. The van der Waals surface area contributed by atoms with Gasteiger partial charge in [-0.05, 0) is 86.0 Å². The zero-order valence-electron chi connectivity index (χ0n) is 16.2. The summed E-state index contributed by atoms with van der Waals surface area (Å²) in [5.41, 5.74) is 4.45. The Morgan fingerprint density at radius 3 is 3.07 bits per heavy atom. The fourth-order valence-electron chi connectivity index (χ4n) is 4.24. The SMILES string of the molecule is COc1cccc2c1CCCC2CCNCCc1ccc2c(=O)cnoc2c1. The number of hydrogen-bond acceptors (Lipinski definition) is 5. The van der Waals surface area contributed by atoms with Crippen LogP contribution in [0.5, 0.6) is 5.75 Å². The van der Waals surface area contributed by atoms with E-state index in [2.05, 4.69) is 28.7 Å². The first-order valence-corrected chi connectivity index (χ1v) is 10.0. The third-order valence-electron chi connectivity index (χ3n) is 5.70. The molecule has 1 N–H and O–H groups in total. The largest absolute Gasteiger partial charge is 0.496 e. The van der Waals surface area contributed by atoms with E-state index in [4.69, 9.17) is 9.26 Å². The van der Waals surface area contributed by atoms with Crippen molar-refractivity contribution < 1.29 is 9.26 Å². The third kappa shape index (κ3) is 3.94. The lowest BCUT2D eigenvalue weighted by Crippen LogP contribution is -2.22. The van der Waals surface area contributed by atoms with Gasteiger partial charge in [0, 0.05) is 0 Å². The summed E-state index contributed by atoms with van der Waals surface area (Å²) in [6.45, 7) is 1.89. The molecule has 1 aliphatic carbocycles. The molecule has 2 aromatic carbocycles. The van der Waals surface area contributed by atoms with Crippen LogP contribution in [0, 0.1) is 0 Å². The van der Waals surface area contributed by atoms with Crippen molar-refractivity contribution in [1.29, 1.82) is 0 Å². The molecule has 1 aromatic heterocycles. The Hall–Kier alpha value is -2.66. The third-order valence-corrected chi connectivity index (χ3v) is 5.70. The second-order valence-electron chi connectivity index (χ2n) is 7.43. The molecule has 1 atom stereocenters. The molecular formula is C23H26N2O3. The van der Waals surface area contributed by atoms with Gasteiger partial charge < -0.3 is 14.6 Å². The van der Waals surface area contributed by atoms with Crippen LogP contribution < -0.4 is 15.5 Å². The number of nitrogens with one attached hydrogen (secondary N) is 1. The molecular weight excluding hydrogens is 352 g/mol. The van der Waals surface area contributed by atoms with Crippen molar-refractivity contribution in [2.75, 3.05) is 20.2 Å². The van der Waals surface area contributed by atoms with E-state index >= 15 is 0 Å². The molecule has 0 aliphatic heterocycles. The molecule has 0 fully saturated rings. The molecule has 0 saturated heterocycles. The Morgan fingerprint density at radius 1 is 1.25 bits per heavy atom. The van der Waals surface area contributed by atoms with Crippen molar-refractivity contribution in [3.63, 3.8) is 0 Å². The minimum Gasteiger partial charge on any atom is -0.496 e. The lowest BCUT2D eigenvalue weighted by Gasteiger charge is -2.27. The average molecular weight is 378 g/mol. The molecule has 0 amide bonds. The summed E-state index contributed by atoms with van der Waals surface area (Å²) in [4.78, 5) is 11.7. The van der Waals surface area contributed by atoms with Crippen LogP contribution in [-0.2, 0) is 12.8 Å². The van der Waals surface area contributed by atoms with Crippen LogP contribution in [0.4, 0.5) is 0 Å². The minimum absolute atomic E-state index is 0.102. The highest BCUT2D eigenvalue weighted by Crippen LogP contribution is 2.38. The van der Waals surface area contributed by atoms with Gasteiger partial charge in [0.15, 0.2) is 5.58 Å². The summed E-state index contributed by atoms with van der Waals surface area (Å²) in [7, 11) is 1.76. The summed E-state index contributed by atoms with van der Waals surface area (Å²) < 4.78 is 10.8. The first-order valence-electron chi connectivity index (χ1n) is 10.0. The van der Waals surface area contributed by atoms with Gasteiger partial charge in [-0.1, -0.05) is 23.4 Å². The van der Waals surface area contributed by atoms with Crippen molar-refractivity contribution >= 4 is 11.0 Å². The van der Waals surface area contributed by atoms with Gasteiger partial charge >= 0.3 is 0 Å². The molecule has 4 rings (SSSR count). The molecule has 1 unspecified atom stereocenters. The van der Waals surface area contributed by atoms with Gasteiger partial charge in [0.05, 0.1) is 12.5 Å². The Balaban J connectivity index is 1.30. The van der Waals surface area contributed by atoms with E-state index < -0.39 is 0 Å². The number of ether oxygens (including phenoxy) is 1. The quantitative estimate of drug-likeness (QED) is 0.633. The molecule has 1 heterocycles. The van der Waals surface area contributed by atoms with Crippen molar-refractivity contribution in [2.24, 2.45) is 0 Å². The van der Waals surface area contributed by atoms with Crippen LogP contribution in [0.25, 0.3) is 11.0 Å². The maximum atomic E-state index is 11.7. The van der Waals surface area contributed by atoms with Gasteiger partial charge in [-0.15, -0.1) is 0 Å². The molecule has 0 spiro atoms. The summed E-state index contributed by atoms with van der Waals surface area (Å²) in [5, 5.41) is 7.78. The van der Waals surface area contributed by atoms with Gasteiger partial charge in [0.25, 0.3) is 0 Å². The van der Waals surface area contributed by atoms with Crippen LogP contribution >= 0.6 is 0 Å². The zero-order valence-corrected chi connectivity index (χ0v) is 16.2. The smallest absolute Gasteiger partial charge is 0.211 e. The predicted molar refractivity (Wildman–Crippen MR) is 110 cm³/mol. The van der Waals surface area contributed by atoms with Crippen molar-refractivity contribution in [3.8, 4) is 5.75 Å². The number of fused-ring (bicyclic) bond motifs is 2. The molecule has 5 nitrogen and oxygen atoms in total. The van der Waals surface area contributed by atoms with E-state index in [-0.39, 0.29) is 5.43 Å². The minimum atomic E-state index is -0.102. The maximum absolute atomic E-state index is 11.7. The molecule has 0 radical (unpaired) electrons. The van der Waals surface area contributed by atoms with E-state index in [0.717, 1.165) is 43.7 Å². The summed E-state index contributed by atoms with van der Waals surface area (Å²) in [5.74, 6) is 1.64. The van der Waals surface area contributed by atoms with Crippen LogP contribution in [0.15, 0.2) is 51.9 Å². The fourth-order valence-corrected chi connectivity index (χ4v) is 4.24. The Bertz CT molecular complexity index is 1010. The fraction of sp³-hybridized carbons (Fsp3) is 0.391. The van der Waals surface area contributed by atoms with Crippen LogP contribution in [-0.4, -0.2) is 25.4 Å². The lowest BCUT2D eigenvalue weighted by molar-refractivity contribution is 0.401. The number of rotatable bonds is 7. The highest BCUT2D eigenvalue weighted by Gasteiger charge is 2.22. The van der Waals surface area contributed by atoms with Crippen molar-refractivity contribution in [2.45, 2.75) is 38.0 Å². The number of nitrogens with zero attached hydrogens (tertiary/aromatic N) is 1. The van der Waals surface area contributed by atoms with E-state index in [1.54, 1.807) is 7.11 Å². The Labute approximate surface area is 164 Å². The van der Waals surface area contributed by atoms with Crippen LogP contribution in [0.1, 0.15) is 41.9 Å². The van der Waals surface area contributed by atoms with E-state index in [1.807, 2.05) is 18.2 Å².